The number of carbonyl (C=O) groups is 1. The predicted molar refractivity (Wildman–Crippen MR) is 96.5 cm³/mol. The molecular formula is C20H18O3S. The van der Waals surface area contributed by atoms with Crippen LogP contribution in [0, 0.1) is 0 Å². The van der Waals surface area contributed by atoms with Crippen LogP contribution < -0.4 is 4.74 Å². The minimum absolute atomic E-state index is 0.281. The highest BCUT2D eigenvalue weighted by molar-refractivity contribution is 7.17. The highest BCUT2D eigenvalue weighted by Gasteiger charge is 2.13. The van der Waals surface area contributed by atoms with E-state index in [9.17, 15) is 4.79 Å². The quantitative estimate of drug-likeness (QED) is 0.582. The summed E-state index contributed by atoms with van der Waals surface area (Å²) in [5.41, 5.74) is 2.10. The normalized spacial score (nSPS) is 10.4. The lowest BCUT2D eigenvalue weighted by atomic mass is 10.1. The van der Waals surface area contributed by atoms with Crippen LogP contribution in [-0.2, 0) is 11.3 Å². The number of ether oxygens (including phenoxy) is 2. The molecule has 1 heterocycles. The third-order valence-electron chi connectivity index (χ3n) is 3.47. The van der Waals surface area contributed by atoms with Gasteiger partial charge in [-0.25, -0.2) is 4.79 Å². The van der Waals surface area contributed by atoms with Gasteiger partial charge in [-0.2, -0.15) is 0 Å². The van der Waals surface area contributed by atoms with E-state index >= 15 is 0 Å². The smallest absolute Gasteiger partial charge is 0.348 e. The molecule has 0 aliphatic carbocycles. The Labute approximate surface area is 145 Å². The molecule has 3 nitrogen and oxygen atoms in total. The zero-order valence-corrected chi connectivity index (χ0v) is 14.2. The number of hydrogen-bond acceptors (Lipinski definition) is 4. The maximum Gasteiger partial charge on any atom is 0.348 e. The first-order chi connectivity index (χ1) is 11.8. The highest BCUT2D eigenvalue weighted by atomic mass is 32.1. The number of esters is 1. The molecule has 0 saturated heterocycles. The van der Waals surface area contributed by atoms with E-state index in [1.165, 1.54) is 11.3 Å². The van der Waals surface area contributed by atoms with Gasteiger partial charge in [-0.05, 0) is 36.8 Å². The molecule has 0 N–H and O–H groups in total. The van der Waals surface area contributed by atoms with Crippen molar-refractivity contribution in [3.05, 3.63) is 77.2 Å². The van der Waals surface area contributed by atoms with E-state index in [4.69, 9.17) is 9.47 Å². The van der Waals surface area contributed by atoms with Crippen LogP contribution in [0.1, 0.15) is 22.2 Å². The van der Waals surface area contributed by atoms with E-state index in [0.29, 0.717) is 18.1 Å². The first-order valence-corrected chi connectivity index (χ1v) is 8.62. The standard InChI is InChI=1S/C20H18O3S/c1-2-22-20(21)19-13-12-18(24-19)16-10-6-7-11-17(16)23-14-15-8-4-3-5-9-15/h3-13H,2,14H2,1H3. The Kier molecular flexibility index (Phi) is 5.29. The van der Waals surface area contributed by atoms with E-state index in [2.05, 4.69) is 0 Å². The fourth-order valence-electron chi connectivity index (χ4n) is 2.33. The summed E-state index contributed by atoms with van der Waals surface area (Å²) in [6.07, 6.45) is 0. The van der Waals surface area contributed by atoms with Crippen molar-refractivity contribution in [1.82, 2.24) is 0 Å². The Bertz CT molecular complexity index is 809. The molecule has 0 aliphatic heterocycles. The molecule has 0 fully saturated rings. The molecule has 0 bridgehead atoms. The van der Waals surface area contributed by atoms with Crippen LogP contribution in [0.4, 0.5) is 0 Å². The number of thiophene rings is 1. The molecule has 0 radical (unpaired) electrons. The van der Waals surface area contributed by atoms with E-state index in [0.717, 1.165) is 21.8 Å². The number of hydrogen-bond donors (Lipinski definition) is 0. The van der Waals surface area contributed by atoms with Crippen LogP contribution >= 0.6 is 11.3 Å². The van der Waals surface area contributed by atoms with Gasteiger partial charge in [0.2, 0.25) is 0 Å². The van der Waals surface area contributed by atoms with E-state index < -0.39 is 0 Å². The van der Waals surface area contributed by atoms with E-state index in [1.807, 2.05) is 60.7 Å². The maximum absolute atomic E-state index is 11.8. The zero-order valence-electron chi connectivity index (χ0n) is 13.4. The monoisotopic (exact) mass is 338 g/mol. The van der Waals surface area contributed by atoms with E-state index in [-0.39, 0.29) is 5.97 Å². The second-order valence-corrected chi connectivity index (χ2v) is 6.24. The first-order valence-electron chi connectivity index (χ1n) is 7.81. The summed E-state index contributed by atoms with van der Waals surface area (Å²) >= 11 is 1.42. The zero-order chi connectivity index (χ0) is 16.8. The van der Waals surface area contributed by atoms with Crippen molar-refractivity contribution in [3.8, 4) is 16.2 Å². The van der Waals surface area contributed by atoms with Gasteiger partial charge in [0, 0.05) is 10.4 Å². The van der Waals surface area contributed by atoms with Crippen molar-refractivity contribution in [2.75, 3.05) is 6.61 Å². The first kappa shape index (κ1) is 16.3. The Morgan fingerprint density at radius 3 is 2.50 bits per heavy atom. The molecule has 0 amide bonds. The number of rotatable bonds is 6. The molecule has 0 spiro atoms. The van der Waals surface area contributed by atoms with Crippen LogP contribution in [0.5, 0.6) is 5.75 Å². The summed E-state index contributed by atoms with van der Waals surface area (Å²) < 4.78 is 11.0. The predicted octanol–water partition coefficient (Wildman–Crippen LogP) is 5.17. The lowest BCUT2D eigenvalue weighted by Gasteiger charge is -2.10. The van der Waals surface area contributed by atoms with Crippen LogP contribution in [0.3, 0.4) is 0 Å². The van der Waals surface area contributed by atoms with Gasteiger partial charge < -0.3 is 9.47 Å². The Morgan fingerprint density at radius 2 is 1.71 bits per heavy atom. The fourth-order valence-corrected chi connectivity index (χ4v) is 3.26. The van der Waals surface area contributed by atoms with Gasteiger partial charge in [-0.1, -0.05) is 42.5 Å². The van der Waals surface area contributed by atoms with Gasteiger partial charge in [-0.15, -0.1) is 11.3 Å². The van der Waals surface area contributed by atoms with Gasteiger partial charge >= 0.3 is 5.97 Å². The second-order valence-electron chi connectivity index (χ2n) is 5.15. The van der Waals surface area contributed by atoms with Crippen molar-refractivity contribution in [2.45, 2.75) is 13.5 Å². The minimum atomic E-state index is -0.281. The molecule has 4 heteroatoms. The summed E-state index contributed by atoms with van der Waals surface area (Å²) in [5.74, 6) is 0.523. The average Bonchev–Trinajstić information content (AvgIpc) is 3.11. The summed E-state index contributed by atoms with van der Waals surface area (Å²) in [4.78, 5) is 13.4. The van der Waals surface area contributed by atoms with Gasteiger partial charge in [0.05, 0.1) is 6.61 Å². The third kappa shape index (κ3) is 3.84. The van der Waals surface area contributed by atoms with Crippen molar-refractivity contribution in [2.24, 2.45) is 0 Å². The van der Waals surface area contributed by atoms with Gasteiger partial charge in [-0.3, -0.25) is 0 Å². The molecule has 0 unspecified atom stereocenters. The molecule has 122 valence electrons. The fraction of sp³-hybridized carbons (Fsp3) is 0.150. The summed E-state index contributed by atoms with van der Waals surface area (Å²) in [6, 6.07) is 21.6. The molecule has 3 aromatic rings. The van der Waals surface area contributed by atoms with Crippen molar-refractivity contribution in [1.29, 1.82) is 0 Å². The summed E-state index contributed by atoms with van der Waals surface area (Å²) in [5, 5.41) is 0. The molecule has 0 saturated carbocycles. The molecule has 2 aromatic carbocycles. The lowest BCUT2D eigenvalue weighted by molar-refractivity contribution is 0.0532. The van der Waals surface area contributed by atoms with Crippen molar-refractivity contribution in [3.63, 3.8) is 0 Å². The minimum Gasteiger partial charge on any atom is -0.488 e. The van der Waals surface area contributed by atoms with Crippen LogP contribution in [0.15, 0.2) is 66.7 Å². The van der Waals surface area contributed by atoms with Crippen molar-refractivity contribution >= 4 is 17.3 Å². The van der Waals surface area contributed by atoms with Crippen LogP contribution in [-0.4, -0.2) is 12.6 Å². The Hall–Kier alpha value is -2.59. The maximum atomic E-state index is 11.8. The topological polar surface area (TPSA) is 35.5 Å². The van der Waals surface area contributed by atoms with Crippen LogP contribution in [0.25, 0.3) is 10.4 Å². The van der Waals surface area contributed by atoms with Gasteiger partial charge in [0.25, 0.3) is 0 Å². The average molecular weight is 338 g/mol. The second kappa shape index (κ2) is 7.79. The number of carbonyl (C=O) groups excluding carboxylic acids is 1. The third-order valence-corrected chi connectivity index (χ3v) is 4.57. The Morgan fingerprint density at radius 1 is 0.958 bits per heavy atom. The summed E-state index contributed by atoms with van der Waals surface area (Å²) in [6.45, 7) is 2.69. The largest absolute Gasteiger partial charge is 0.488 e. The van der Waals surface area contributed by atoms with E-state index in [1.54, 1.807) is 13.0 Å². The number of para-hydroxylation sites is 1. The highest BCUT2D eigenvalue weighted by Crippen LogP contribution is 2.35. The summed E-state index contributed by atoms with van der Waals surface area (Å²) in [7, 11) is 0. The number of benzene rings is 2. The molecule has 1 aromatic heterocycles. The molecule has 0 atom stereocenters. The SMILES string of the molecule is CCOC(=O)c1ccc(-c2ccccc2OCc2ccccc2)s1. The lowest BCUT2D eigenvalue weighted by Crippen LogP contribution is -2.01. The molecular weight excluding hydrogens is 320 g/mol. The van der Waals surface area contributed by atoms with Crippen LogP contribution in [0.2, 0.25) is 0 Å². The van der Waals surface area contributed by atoms with Gasteiger partial charge in [0.1, 0.15) is 17.2 Å². The van der Waals surface area contributed by atoms with Gasteiger partial charge in [0.15, 0.2) is 0 Å². The molecule has 0 aliphatic rings. The molecule has 24 heavy (non-hydrogen) atoms. The Balaban J connectivity index is 1.80. The molecule has 3 rings (SSSR count). The van der Waals surface area contributed by atoms with Crippen molar-refractivity contribution < 1.29 is 14.3 Å².